The Balaban J connectivity index is 2.37. The first kappa shape index (κ1) is 9.51. The van der Waals surface area contributed by atoms with Crippen LogP contribution in [0.25, 0.3) is 0 Å². The first-order valence-electron chi connectivity index (χ1n) is 5.53. The minimum absolute atomic E-state index is 0.249. The highest BCUT2D eigenvalue weighted by Crippen LogP contribution is 2.32. The lowest BCUT2D eigenvalue weighted by molar-refractivity contribution is 0.531. The van der Waals surface area contributed by atoms with Crippen LogP contribution in [0.1, 0.15) is 33.1 Å². The summed E-state index contributed by atoms with van der Waals surface area (Å²) in [6, 6.07) is 0. The van der Waals surface area contributed by atoms with E-state index in [1.807, 2.05) is 0 Å². The SMILES string of the molecule is CCC1(C)C=CC2=CCCC=C2C=C1. The van der Waals surface area contributed by atoms with E-state index in [1.165, 1.54) is 30.4 Å². The normalized spacial score (nSPS) is 23.6. The van der Waals surface area contributed by atoms with Gasteiger partial charge in [-0.3, -0.25) is 0 Å². The standard InChI is InChI=1S/C14H18/c1-3-14(2)10-8-12-6-4-5-7-13(12)9-11-14/h6-11H,3-5H2,1-2H3. The highest BCUT2D eigenvalue weighted by molar-refractivity contribution is 5.50. The van der Waals surface area contributed by atoms with Gasteiger partial charge in [-0.2, -0.15) is 0 Å². The van der Waals surface area contributed by atoms with Gasteiger partial charge >= 0.3 is 0 Å². The van der Waals surface area contributed by atoms with Crippen LogP contribution in [0.4, 0.5) is 0 Å². The number of rotatable bonds is 1. The maximum Gasteiger partial charge on any atom is 0.00367 e. The molecule has 14 heavy (non-hydrogen) atoms. The van der Waals surface area contributed by atoms with E-state index < -0.39 is 0 Å². The third-order valence-corrected chi connectivity index (χ3v) is 3.28. The summed E-state index contributed by atoms with van der Waals surface area (Å²) in [6.45, 7) is 4.53. The second-order valence-corrected chi connectivity index (χ2v) is 4.42. The van der Waals surface area contributed by atoms with Crippen molar-refractivity contribution in [3.8, 4) is 0 Å². The van der Waals surface area contributed by atoms with Crippen molar-refractivity contribution in [3.63, 3.8) is 0 Å². The minimum Gasteiger partial charge on any atom is -0.0764 e. The van der Waals surface area contributed by atoms with E-state index >= 15 is 0 Å². The first-order chi connectivity index (χ1) is 6.73. The zero-order valence-corrected chi connectivity index (χ0v) is 9.09. The topological polar surface area (TPSA) is 0 Å². The lowest BCUT2D eigenvalue weighted by Gasteiger charge is -2.17. The molecule has 0 heterocycles. The van der Waals surface area contributed by atoms with E-state index in [-0.39, 0.29) is 5.41 Å². The van der Waals surface area contributed by atoms with Crippen LogP contribution in [0.5, 0.6) is 0 Å². The molecule has 74 valence electrons. The van der Waals surface area contributed by atoms with E-state index in [0.29, 0.717) is 0 Å². The van der Waals surface area contributed by atoms with Gasteiger partial charge in [0.05, 0.1) is 0 Å². The second-order valence-electron chi connectivity index (χ2n) is 4.42. The average Bonchev–Trinajstić information content (AvgIpc) is 2.40. The lowest BCUT2D eigenvalue weighted by atomic mass is 9.87. The van der Waals surface area contributed by atoms with E-state index in [0.717, 1.165) is 0 Å². The van der Waals surface area contributed by atoms with Crippen molar-refractivity contribution in [3.05, 3.63) is 47.6 Å². The number of fused-ring (bicyclic) bond motifs is 1. The van der Waals surface area contributed by atoms with Crippen LogP contribution in [0, 0.1) is 5.41 Å². The molecule has 0 N–H and O–H groups in total. The smallest absolute Gasteiger partial charge is 0.00367 e. The number of hydrogen-bond donors (Lipinski definition) is 0. The molecular formula is C14H18. The van der Waals surface area contributed by atoms with Crippen LogP contribution < -0.4 is 0 Å². The van der Waals surface area contributed by atoms with Crippen LogP contribution in [0.3, 0.4) is 0 Å². The summed E-state index contributed by atoms with van der Waals surface area (Å²) in [7, 11) is 0. The Labute approximate surface area is 86.7 Å². The van der Waals surface area contributed by atoms with E-state index in [1.54, 1.807) is 0 Å². The number of hydrogen-bond acceptors (Lipinski definition) is 0. The molecule has 0 amide bonds. The monoisotopic (exact) mass is 186 g/mol. The van der Waals surface area contributed by atoms with Crippen molar-refractivity contribution in [2.45, 2.75) is 33.1 Å². The molecular weight excluding hydrogens is 168 g/mol. The Bertz CT molecular complexity index is 307. The van der Waals surface area contributed by atoms with E-state index in [4.69, 9.17) is 0 Å². The molecule has 0 aromatic rings. The van der Waals surface area contributed by atoms with Crippen molar-refractivity contribution >= 4 is 0 Å². The zero-order chi connectivity index (χ0) is 10.0. The molecule has 0 heteroatoms. The summed E-state index contributed by atoms with van der Waals surface area (Å²) in [6.07, 6.45) is 17.5. The van der Waals surface area contributed by atoms with Gasteiger partial charge < -0.3 is 0 Å². The molecule has 0 unspecified atom stereocenters. The van der Waals surface area contributed by atoms with Crippen LogP contribution >= 0.6 is 0 Å². The van der Waals surface area contributed by atoms with Gasteiger partial charge in [0.25, 0.3) is 0 Å². The van der Waals surface area contributed by atoms with Crippen LogP contribution in [-0.4, -0.2) is 0 Å². The molecule has 2 rings (SSSR count). The quantitative estimate of drug-likeness (QED) is 0.576. The maximum atomic E-state index is 2.34. The second kappa shape index (κ2) is 3.61. The average molecular weight is 186 g/mol. The zero-order valence-electron chi connectivity index (χ0n) is 9.09. The molecule has 0 radical (unpaired) electrons. The van der Waals surface area contributed by atoms with Crippen molar-refractivity contribution in [1.82, 2.24) is 0 Å². The lowest BCUT2D eigenvalue weighted by Crippen LogP contribution is -2.05. The molecule has 0 saturated heterocycles. The predicted octanol–water partition coefficient (Wildman–Crippen LogP) is 4.18. The molecule has 2 aliphatic rings. The van der Waals surface area contributed by atoms with Gasteiger partial charge in [0.1, 0.15) is 0 Å². The minimum atomic E-state index is 0.249. The van der Waals surface area contributed by atoms with Crippen molar-refractivity contribution in [1.29, 1.82) is 0 Å². The molecule has 0 aromatic carbocycles. The van der Waals surface area contributed by atoms with E-state index in [9.17, 15) is 0 Å². The summed E-state index contributed by atoms with van der Waals surface area (Å²) in [5.41, 5.74) is 3.06. The van der Waals surface area contributed by atoms with Gasteiger partial charge in [0.15, 0.2) is 0 Å². The van der Waals surface area contributed by atoms with Gasteiger partial charge in [-0.15, -0.1) is 0 Å². The van der Waals surface area contributed by atoms with Crippen molar-refractivity contribution in [2.24, 2.45) is 5.41 Å². The predicted molar refractivity (Wildman–Crippen MR) is 62.1 cm³/mol. The van der Waals surface area contributed by atoms with E-state index in [2.05, 4.69) is 50.3 Å². The molecule has 0 aliphatic heterocycles. The highest BCUT2D eigenvalue weighted by Gasteiger charge is 2.17. The Morgan fingerprint density at radius 1 is 1.07 bits per heavy atom. The number of allylic oxidation sites excluding steroid dienone is 8. The third kappa shape index (κ3) is 1.75. The fraction of sp³-hybridized carbons (Fsp3) is 0.429. The fourth-order valence-corrected chi connectivity index (χ4v) is 1.89. The van der Waals surface area contributed by atoms with Crippen molar-refractivity contribution < 1.29 is 0 Å². The Morgan fingerprint density at radius 2 is 1.57 bits per heavy atom. The highest BCUT2D eigenvalue weighted by atomic mass is 14.2. The maximum absolute atomic E-state index is 2.34. The summed E-state index contributed by atoms with van der Waals surface area (Å²) < 4.78 is 0. The van der Waals surface area contributed by atoms with Gasteiger partial charge in [0.2, 0.25) is 0 Å². The van der Waals surface area contributed by atoms with Gasteiger partial charge in [0, 0.05) is 5.41 Å². The summed E-state index contributed by atoms with van der Waals surface area (Å²) in [4.78, 5) is 0. The molecule has 0 saturated carbocycles. The van der Waals surface area contributed by atoms with Gasteiger partial charge in [-0.05, 0) is 30.4 Å². The summed E-state index contributed by atoms with van der Waals surface area (Å²) >= 11 is 0. The van der Waals surface area contributed by atoms with Gasteiger partial charge in [-0.25, -0.2) is 0 Å². The molecule has 0 aromatic heterocycles. The molecule has 2 aliphatic carbocycles. The van der Waals surface area contributed by atoms with Crippen molar-refractivity contribution in [2.75, 3.05) is 0 Å². The first-order valence-corrected chi connectivity index (χ1v) is 5.53. The van der Waals surface area contributed by atoms with Crippen LogP contribution in [0.15, 0.2) is 47.6 Å². The Hall–Kier alpha value is -1.04. The van der Waals surface area contributed by atoms with Gasteiger partial charge in [-0.1, -0.05) is 50.3 Å². The molecule has 0 spiro atoms. The third-order valence-electron chi connectivity index (χ3n) is 3.28. The van der Waals surface area contributed by atoms with Crippen LogP contribution in [-0.2, 0) is 0 Å². The molecule has 0 bridgehead atoms. The summed E-state index contributed by atoms with van der Waals surface area (Å²) in [5, 5.41) is 0. The largest absolute Gasteiger partial charge is 0.0764 e. The molecule has 0 atom stereocenters. The molecule has 0 nitrogen and oxygen atoms in total. The van der Waals surface area contributed by atoms with Crippen LogP contribution in [0.2, 0.25) is 0 Å². The Morgan fingerprint density at radius 3 is 2.00 bits per heavy atom. The molecule has 0 fully saturated rings. The summed E-state index contributed by atoms with van der Waals surface area (Å²) in [5.74, 6) is 0. The fourth-order valence-electron chi connectivity index (χ4n) is 1.89. The Kier molecular flexibility index (Phi) is 2.45.